The van der Waals surface area contributed by atoms with Gasteiger partial charge in [-0.25, -0.2) is 0 Å². The van der Waals surface area contributed by atoms with Gasteiger partial charge >= 0.3 is 0 Å². The molecule has 0 bridgehead atoms. The molecule has 0 aliphatic carbocycles. The molecular formula is C20H22Cl3N3O. The number of nitrogens with one attached hydrogen (secondary N) is 1. The molecule has 1 saturated heterocycles. The second kappa shape index (κ2) is 9.65. The first kappa shape index (κ1) is 20.3. The van der Waals surface area contributed by atoms with Crippen molar-refractivity contribution in [3.05, 3.63) is 63.1 Å². The Kier molecular flexibility index (Phi) is 7.25. The van der Waals surface area contributed by atoms with Crippen LogP contribution >= 0.6 is 34.8 Å². The third kappa shape index (κ3) is 5.76. The van der Waals surface area contributed by atoms with Crippen molar-refractivity contribution in [3.63, 3.8) is 0 Å². The van der Waals surface area contributed by atoms with Crippen molar-refractivity contribution in [1.29, 1.82) is 0 Å². The standard InChI is InChI=1S/C20H22Cl3N3O/c21-15-2-5-17(6-3-15)26-12-10-25(11-13-26)9-1-8-24-20(27)18-14-16(22)4-7-19(18)23/h2-7,14H,1,8-13H2,(H,24,27). The summed E-state index contributed by atoms with van der Waals surface area (Å²) in [6.45, 7) is 5.57. The zero-order valence-corrected chi connectivity index (χ0v) is 17.2. The molecule has 2 aromatic rings. The molecule has 1 amide bonds. The van der Waals surface area contributed by atoms with Gasteiger partial charge in [-0.05, 0) is 55.4 Å². The van der Waals surface area contributed by atoms with Crippen LogP contribution in [0.15, 0.2) is 42.5 Å². The van der Waals surface area contributed by atoms with Gasteiger partial charge in [0.15, 0.2) is 0 Å². The maximum Gasteiger partial charge on any atom is 0.252 e. The third-order valence-electron chi connectivity index (χ3n) is 4.67. The fraction of sp³-hybridized carbons (Fsp3) is 0.350. The number of halogens is 3. The lowest BCUT2D eigenvalue weighted by Crippen LogP contribution is -2.47. The summed E-state index contributed by atoms with van der Waals surface area (Å²) >= 11 is 17.9. The molecule has 1 aliphatic rings. The minimum atomic E-state index is -0.185. The van der Waals surface area contributed by atoms with Crippen molar-refractivity contribution in [3.8, 4) is 0 Å². The van der Waals surface area contributed by atoms with Crippen molar-refractivity contribution in [1.82, 2.24) is 10.2 Å². The maximum absolute atomic E-state index is 12.2. The highest BCUT2D eigenvalue weighted by Gasteiger charge is 2.17. The van der Waals surface area contributed by atoms with Crippen LogP contribution < -0.4 is 10.2 Å². The maximum atomic E-state index is 12.2. The average molecular weight is 427 g/mol. The predicted octanol–water partition coefficient (Wildman–Crippen LogP) is 4.59. The Bertz CT molecular complexity index is 775. The number of hydrogen-bond donors (Lipinski definition) is 1. The van der Waals surface area contributed by atoms with E-state index in [-0.39, 0.29) is 5.91 Å². The molecule has 3 rings (SSSR count). The van der Waals surface area contributed by atoms with Gasteiger partial charge in [0.05, 0.1) is 10.6 Å². The zero-order valence-electron chi connectivity index (χ0n) is 14.9. The normalized spacial score (nSPS) is 15.0. The van der Waals surface area contributed by atoms with Crippen molar-refractivity contribution >= 4 is 46.4 Å². The molecule has 0 aromatic heterocycles. The minimum Gasteiger partial charge on any atom is -0.369 e. The number of benzene rings is 2. The SMILES string of the molecule is O=C(NCCCN1CCN(c2ccc(Cl)cc2)CC1)c1cc(Cl)ccc1Cl. The molecule has 0 saturated carbocycles. The van der Waals surface area contributed by atoms with Gasteiger partial charge in [0.2, 0.25) is 0 Å². The molecule has 2 aromatic carbocycles. The number of hydrogen-bond acceptors (Lipinski definition) is 3. The molecular weight excluding hydrogens is 405 g/mol. The molecule has 1 heterocycles. The van der Waals surface area contributed by atoms with Crippen LogP contribution in [-0.2, 0) is 0 Å². The van der Waals surface area contributed by atoms with Gasteiger partial charge in [-0.2, -0.15) is 0 Å². The summed E-state index contributed by atoms with van der Waals surface area (Å²) in [6, 6.07) is 12.9. The van der Waals surface area contributed by atoms with Crippen LogP contribution in [0.25, 0.3) is 0 Å². The van der Waals surface area contributed by atoms with E-state index in [1.807, 2.05) is 12.1 Å². The second-order valence-electron chi connectivity index (χ2n) is 6.54. The number of rotatable bonds is 6. The third-order valence-corrected chi connectivity index (χ3v) is 5.49. The van der Waals surface area contributed by atoms with Gasteiger partial charge in [0.1, 0.15) is 0 Å². The Morgan fingerprint density at radius 3 is 2.30 bits per heavy atom. The Morgan fingerprint density at radius 2 is 1.59 bits per heavy atom. The largest absolute Gasteiger partial charge is 0.369 e. The van der Waals surface area contributed by atoms with Gasteiger partial charge in [-0.1, -0.05) is 34.8 Å². The molecule has 4 nitrogen and oxygen atoms in total. The molecule has 144 valence electrons. The molecule has 0 spiro atoms. The first-order valence-corrected chi connectivity index (χ1v) is 10.1. The number of nitrogens with zero attached hydrogens (tertiary/aromatic N) is 2. The summed E-state index contributed by atoms with van der Waals surface area (Å²) in [5, 5.41) is 4.59. The van der Waals surface area contributed by atoms with Crippen molar-refractivity contribution in [2.24, 2.45) is 0 Å². The van der Waals surface area contributed by atoms with Crippen LogP contribution in [0.4, 0.5) is 5.69 Å². The van der Waals surface area contributed by atoms with Crippen LogP contribution in [0.2, 0.25) is 15.1 Å². The first-order valence-electron chi connectivity index (χ1n) is 8.99. The minimum absolute atomic E-state index is 0.185. The van der Waals surface area contributed by atoms with E-state index in [4.69, 9.17) is 34.8 Å². The smallest absolute Gasteiger partial charge is 0.252 e. The molecule has 0 atom stereocenters. The van der Waals surface area contributed by atoms with Gasteiger partial charge in [0.25, 0.3) is 5.91 Å². The van der Waals surface area contributed by atoms with Crippen LogP contribution in [0, 0.1) is 0 Å². The fourth-order valence-electron chi connectivity index (χ4n) is 3.15. The highest BCUT2D eigenvalue weighted by atomic mass is 35.5. The zero-order chi connectivity index (χ0) is 19.2. The summed E-state index contributed by atoms with van der Waals surface area (Å²) in [6.07, 6.45) is 0.894. The summed E-state index contributed by atoms with van der Waals surface area (Å²) in [4.78, 5) is 17.0. The van der Waals surface area contributed by atoms with E-state index >= 15 is 0 Å². The van der Waals surface area contributed by atoms with E-state index in [0.717, 1.165) is 44.2 Å². The monoisotopic (exact) mass is 425 g/mol. The number of piperazine rings is 1. The van der Waals surface area contributed by atoms with Crippen molar-refractivity contribution in [2.45, 2.75) is 6.42 Å². The molecule has 0 unspecified atom stereocenters. The van der Waals surface area contributed by atoms with Gasteiger partial charge in [0, 0.05) is 48.5 Å². The average Bonchev–Trinajstić information content (AvgIpc) is 2.68. The molecule has 7 heteroatoms. The summed E-state index contributed by atoms with van der Waals surface area (Å²) in [5.41, 5.74) is 1.63. The Morgan fingerprint density at radius 1 is 0.926 bits per heavy atom. The highest BCUT2D eigenvalue weighted by Crippen LogP contribution is 2.21. The molecule has 0 radical (unpaired) electrons. The summed E-state index contributed by atoms with van der Waals surface area (Å²) < 4.78 is 0. The van der Waals surface area contributed by atoms with Crippen LogP contribution in [0.5, 0.6) is 0 Å². The topological polar surface area (TPSA) is 35.6 Å². The molecule has 27 heavy (non-hydrogen) atoms. The van der Waals surface area contributed by atoms with Crippen molar-refractivity contribution in [2.75, 3.05) is 44.2 Å². The molecule has 1 N–H and O–H groups in total. The lowest BCUT2D eigenvalue weighted by atomic mass is 10.2. The van der Waals surface area contributed by atoms with E-state index in [2.05, 4.69) is 27.2 Å². The quantitative estimate of drug-likeness (QED) is 0.686. The Hall–Kier alpha value is -1.46. The van der Waals surface area contributed by atoms with E-state index in [1.54, 1.807) is 18.2 Å². The molecule has 1 fully saturated rings. The lowest BCUT2D eigenvalue weighted by molar-refractivity contribution is 0.0951. The first-order chi connectivity index (χ1) is 13.0. The molecule has 1 aliphatic heterocycles. The summed E-state index contributed by atoms with van der Waals surface area (Å²) in [5.74, 6) is -0.185. The highest BCUT2D eigenvalue weighted by molar-refractivity contribution is 6.35. The van der Waals surface area contributed by atoms with E-state index in [0.29, 0.717) is 22.2 Å². The number of amides is 1. The van der Waals surface area contributed by atoms with E-state index in [9.17, 15) is 4.79 Å². The second-order valence-corrected chi connectivity index (χ2v) is 7.82. The lowest BCUT2D eigenvalue weighted by Gasteiger charge is -2.36. The van der Waals surface area contributed by atoms with Crippen LogP contribution in [0.3, 0.4) is 0 Å². The summed E-state index contributed by atoms with van der Waals surface area (Å²) in [7, 11) is 0. The predicted molar refractivity (Wildman–Crippen MR) is 114 cm³/mol. The number of anilines is 1. The fourth-order valence-corrected chi connectivity index (χ4v) is 3.65. The van der Waals surface area contributed by atoms with Gasteiger partial charge in [-0.15, -0.1) is 0 Å². The van der Waals surface area contributed by atoms with Gasteiger partial charge < -0.3 is 10.2 Å². The van der Waals surface area contributed by atoms with Gasteiger partial charge in [-0.3, -0.25) is 9.69 Å². The van der Waals surface area contributed by atoms with E-state index < -0.39 is 0 Å². The van der Waals surface area contributed by atoms with Crippen molar-refractivity contribution < 1.29 is 4.79 Å². The van der Waals surface area contributed by atoms with Crippen LogP contribution in [0.1, 0.15) is 16.8 Å². The Balaban J connectivity index is 1.37. The van der Waals surface area contributed by atoms with Crippen LogP contribution in [-0.4, -0.2) is 50.1 Å². The number of carbonyl (C=O) groups excluding carboxylic acids is 1. The van der Waals surface area contributed by atoms with E-state index in [1.165, 1.54) is 5.69 Å². The Labute approximate surface area is 175 Å². The number of carbonyl (C=O) groups is 1.